The Morgan fingerprint density at radius 1 is 1.35 bits per heavy atom. The fourth-order valence-electron chi connectivity index (χ4n) is 2.81. The summed E-state index contributed by atoms with van der Waals surface area (Å²) in [7, 11) is 0. The highest BCUT2D eigenvalue weighted by Gasteiger charge is 2.27. The summed E-state index contributed by atoms with van der Waals surface area (Å²) in [6, 6.07) is 0. The molecule has 1 unspecified atom stereocenters. The van der Waals surface area contributed by atoms with Crippen LogP contribution in [0.3, 0.4) is 0 Å². The lowest BCUT2D eigenvalue weighted by molar-refractivity contribution is -0.0861. The number of hydrogen-bond acceptors (Lipinski definition) is 4. The second-order valence-electron chi connectivity index (χ2n) is 6.99. The van der Waals surface area contributed by atoms with Crippen molar-refractivity contribution in [3.05, 3.63) is 0 Å². The van der Waals surface area contributed by atoms with Crippen molar-refractivity contribution in [3.63, 3.8) is 0 Å². The average Bonchev–Trinajstić information content (AvgIpc) is 2.40. The molecule has 1 atom stereocenters. The third-order valence-electron chi connectivity index (χ3n) is 4.11. The van der Waals surface area contributed by atoms with Gasteiger partial charge >= 0.3 is 0 Å². The molecule has 4 heteroatoms. The predicted octanol–water partition coefficient (Wildman–Crippen LogP) is 2.02. The number of unbranched alkanes of at least 4 members (excludes halogenated alkanes) is 1. The molecule has 0 aromatic heterocycles. The van der Waals surface area contributed by atoms with Gasteiger partial charge in [-0.3, -0.25) is 4.90 Å². The lowest BCUT2D eigenvalue weighted by atomic mass is 9.95. The quantitative estimate of drug-likeness (QED) is 0.637. The maximum absolute atomic E-state index is 9.54. The molecule has 0 spiro atoms. The van der Waals surface area contributed by atoms with Gasteiger partial charge in [0.2, 0.25) is 0 Å². The summed E-state index contributed by atoms with van der Waals surface area (Å²) in [5.74, 6) is 0. The summed E-state index contributed by atoms with van der Waals surface area (Å²) in [4.78, 5) is 2.50. The molecule has 0 aromatic rings. The van der Waals surface area contributed by atoms with E-state index >= 15 is 0 Å². The van der Waals surface area contributed by atoms with Crippen molar-refractivity contribution in [3.8, 4) is 0 Å². The number of rotatable bonds is 9. The molecule has 2 N–H and O–H groups in total. The van der Waals surface area contributed by atoms with Crippen molar-refractivity contribution in [2.24, 2.45) is 0 Å². The summed E-state index contributed by atoms with van der Waals surface area (Å²) in [6.07, 6.45) is 4.50. The molecule has 0 bridgehead atoms. The van der Waals surface area contributed by atoms with Crippen molar-refractivity contribution in [2.75, 3.05) is 39.4 Å². The van der Waals surface area contributed by atoms with Gasteiger partial charge in [-0.25, -0.2) is 0 Å². The van der Waals surface area contributed by atoms with Crippen LogP contribution in [0.5, 0.6) is 0 Å². The van der Waals surface area contributed by atoms with Gasteiger partial charge in [-0.05, 0) is 53.1 Å². The third kappa shape index (κ3) is 6.53. The van der Waals surface area contributed by atoms with Gasteiger partial charge in [0.25, 0.3) is 0 Å². The first-order chi connectivity index (χ1) is 9.41. The summed E-state index contributed by atoms with van der Waals surface area (Å²) >= 11 is 0. The number of morpholine rings is 1. The van der Waals surface area contributed by atoms with Crippen molar-refractivity contribution in [2.45, 2.75) is 64.5 Å². The molecule has 0 aromatic carbocycles. The van der Waals surface area contributed by atoms with Gasteiger partial charge < -0.3 is 15.2 Å². The summed E-state index contributed by atoms with van der Waals surface area (Å²) in [6.45, 7) is 13.9. The Hall–Kier alpha value is -0.160. The van der Waals surface area contributed by atoms with E-state index in [1.807, 2.05) is 0 Å². The number of aliphatic hydroxyl groups is 1. The van der Waals surface area contributed by atoms with Gasteiger partial charge in [-0.15, -0.1) is 0 Å². The topological polar surface area (TPSA) is 44.7 Å². The molecule has 1 rings (SSSR count). The number of aliphatic hydroxyl groups excluding tert-OH is 1. The highest BCUT2D eigenvalue weighted by molar-refractivity contribution is 4.83. The average molecular weight is 286 g/mol. The summed E-state index contributed by atoms with van der Waals surface area (Å²) in [5.41, 5.74) is -0.110. The summed E-state index contributed by atoms with van der Waals surface area (Å²) < 4.78 is 5.73. The van der Waals surface area contributed by atoms with Gasteiger partial charge in [0.15, 0.2) is 0 Å². The van der Waals surface area contributed by atoms with Crippen LogP contribution in [0.15, 0.2) is 0 Å². The predicted molar refractivity (Wildman–Crippen MR) is 84.1 cm³/mol. The number of hydrogen-bond donors (Lipinski definition) is 2. The first-order valence-electron chi connectivity index (χ1n) is 8.13. The van der Waals surface area contributed by atoms with E-state index < -0.39 is 0 Å². The number of nitrogens with one attached hydrogen (secondary N) is 1. The Balaban J connectivity index is 2.20. The smallest absolute Gasteiger partial charge is 0.0753 e. The molecule has 1 saturated heterocycles. The van der Waals surface area contributed by atoms with E-state index in [4.69, 9.17) is 4.74 Å². The summed E-state index contributed by atoms with van der Waals surface area (Å²) in [5, 5.41) is 13.0. The van der Waals surface area contributed by atoms with Crippen LogP contribution in [0.2, 0.25) is 0 Å². The molecule has 120 valence electrons. The second kappa shape index (κ2) is 8.32. The van der Waals surface area contributed by atoms with Gasteiger partial charge in [0, 0.05) is 18.6 Å². The van der Waals surface area contributed by atoms with E-state index in [1.54, 1.807) is 0 Å². The standard InChI is InChI=1S/C16H34N2O2/c1-5-9-17-16(4,14-19)8-6-7-10-18-11-12-20-15(2,3)13-18/h17,19H,5-14H2,1-4H3. The van der Waals surface area contributed by atoms with E-state index in [2.05, 4.69) is 37.9 Å². The fourth-order valence-corrected chi connectivity index (χ4v) is 2.81. The van der Waals surface area contributed by atoms with Gasteiger partial charge in [0.05, 0.1) is 18.8 Å². The highest BCUT2D eigenvalue weighted by Crippen LogP contribution is 2.18. The van der Waals surface area contributed by atoms with Crippen LogP contribution < -0.4 is 5.32 Å². The molecule has 20 heavy (non-hydrogen) atoms. The molecule has 0 radical (unpaired) electrons. The SMILES string of the molecule is CCCNC(C)(CO)CCCCN1CCOC(C)(C)C1. The number of ether oxygens (including phenoxy) is 1. The zero-order valence-electron chi connectivity index (χ0n) is 13.9. The van der Waals surface area contributed by atoms with E-state index in [0.717, 1.165) is 52.0 Å². The van der Waals surface area contributed by atoms with Gasteiger partial charge in [-0.1, -0.05) is 13.3 Å². The van der Waals surface area contributed by atoms with Crippen molar-refractivity contribution in [1.29, 1.82) is 0 Å². The van der Waals surface area contributed by atoms with Crippen LogP contribution in [0.4, 0.5) is 0 Å². The Labute approximate surface area is 124 Å². The molecular weight excluding hydrogens is 252 g/mol. The zero-order valence-corrected chi connectivity index (χ0v) is 13.9. The third-order valence-corrected chi connectivity index (χ3v) is 4.11. The minimum Gasteiger partial charge on any atom is -0.394 e. The first kappa shape index (κ1) is 17.9. The van der Waals surface area contributed by atoms with Crippen molar-refractivity contribution >= 4 is 0 Å². The maximum Gasteiger partial charge on any atom is 0.0753 e. The fraction of sp³-hybridized carbons (Fsp3) is 1.00. The first-order valence-corrected chi connectivity index (χ1v) is 8.13. The second-order valence-corrected chi connectivity index (χ2v) is 6.99. The number of nitrogens with zero attached hydrogens (tertiary/aromatic N) is 1. The molecule has 0 amide bonds. The molecule has 0 aliphatic carbocycles. The monoisotopic (exact) mass is 286 g/mol. The Morgan fingerprint density at radius 2 is 2.10 bits per heavy atom. The normalized spacial score (nSPS) is 22.6. The van der Waals surface area contributed by atoms with Crippen LogP contribution >= 0.6 is 0 Å². The Morgan fingerprint density at radius 3 is 2.70 bits per heavy atom. The van der Waals surface area contributed by atoms with E-state index in [0.29, 0.717) is 0 Å². The zero-order chi connectivity index (χ0) is 15.1. The van der Waals surface area contributed by atoms with E-state index in [1.165, 1.54) is 6.42 Å². The van der Waals surface area contributed by atoms with Crippen LogP contribution in [0.1, 0.15) is 53.4 Å². The lowest BCUT2D eigenvalue weighted by Gasteiger charge is -2.38. The van der Waals surface area contributed by atoms with E-state index in [-0.39, 0.29) is 17.7 Å². The van der Waals surface area contributed by atoms with Crippen LogP contribution in [-0.2, 0) is 4.74 Å². The van der Waals surface area contributed by atoms with Crippen LogP contribution in [0.25, 0.3) is 0 Å². The molecule has 1 heterocycles. The molecule has 4 nitrogen and oxygen atoms in total. The van der Waals surface area contributed by atoms with Crippen LogP contribution in [0, 0.1) is 0 Å². The highest BCUT2D eigenvalue weighted by atomic mass is 16.5. The minimum atomic E-state index is -0.111. The largest absolute Gasteiger partial charge is 0.394 e. The van der Waals surface area contributed by atoms with E-state index in [9.17, 15) is 5.11 Å². The van der Waals surface area contributed by atoms with Gasteiger partial charge in [0.1, 0.15) is 0 Å². The molecule has 0 saturated carbocycles. The minimum absolute atomic E-state index is 0.000540. The molecule has 1 aliphatic heterocycles. The lowest BCUT2D eigenvalue weighted by Crippen LogP contribution is -2.48. The van der Waals surface area contributed by atoms with Crippen molar-refractivity contribution in [1.82, 2.24) is 10.2 Å². The molecular formula is C16H34N2O2. The molecule has 1 fully saturated rings. The molecule has 1 aliphatic rings. The Bertz CT molecular complexity index is 271. The van der Waals surface area contributed by atoms with Crippen LogP contribution in [-0.4, -0.2) is 60.5 Å². The maximum atomic E-state index is 9.54. The van der Waals surface area contributed by atoms with Gasteiger partial charge in [-0.2, -0.15) is 0 Å². The van der Waals surface area contributed by atoms with Crippen molar-refractivity contribution < 1.29 is 9.84 Å². The Kier molecular flexibility index (Phi) is 7.45.